The summed E-state index contributed by atoms with van der Waals surface area (Å²) in [6.07, 6.45) is 0. The molecule has 0 aliphatic heterocycles. The molecule has 1 N–H and O–H groups in total. The van der Waals surface area contributed by atoms with Gasteiger partial charge in [0.25, 0.3) is 0 Å². The van der Waals surface area contributed by atoms with Crippen LogP contribution in [0.1, 0.15) is 5.56 Å². The number of halogens is 1. The summed E-state index contributed by atoms with van der Waals surface area (Å²) in [6, 6.07) is 9.67. The van der Waals surface area contributed by atoms with Gasteiger partial charge in [-0.3, -0.25) is 0 Å². The number of thiophene rings is 1. The van der Waals surface area contributed by atoms with E-state index in [0.717, 1.165) is 10.5 Å². The predicted octanol–water partition coefficient (Wildman–Crippen LogP) is 4.05. The van der Waals surface area contributed by atoms with Crippen molar-refractivity contribution in [3.63, 3.8) is 0 Å². The summed E-state index contributed by atoms with van der Waals surface area (Å²) >= 11 is 9.20. The van der Waals surface area contributed by atoms with Crippen LogP contribution in [0.25, 0.3) is 0 Å². The van der Waals surface area contributed by atoms with E-state index in [1.54, 1.807) is 29.2 Å². The summed E-state index contributed by atoms with van der Waals surface area (Å²) in [5.74, 6) is 0. The van der Waals surface area contributed by atoms with Crippen LogP contribution < -0.4 is 0 Å². The fourth-order valence-electron chi connectivity index (χ4n) is 1.20. The zero-order valence-corrected chi connectivity index (χ0v) is 10.2. The van der Waals surface area contributed by atoms with Crippen LogP contribution >= 0.6 is 34.7 Å². The van der Waals surface area contributed by atoms with Gasteiger partial charge >= 0.3 is 0 Å². The molecule has 0 spiro atoms. The second-order valence-corrected chi connectivity index (χ2v) is 5.67. The third kappa shape index (κ3) is 2.75. The van der Waals surface area contributed by atoms with Gasteiger partial charge in [-0.05, 0) is 35.2 Å². The van der Waals surface area contributed by atoms with E-state index in [4.69, 9.17) is 11.6 Å². The van der Waals surface area contributed by atoms with Crippen LogP contribution in [0.5, 0.6) is 0 Å². The monoisotopic (exact) mass is 256 g/mol. The lowest BCUT2D eigenvalue weighted by molar-refractivity contribution is 0.279. The molecule has 0 saturated carbocycles. The molecule has 1 aromatic heterocycles. The van der Waals surface area contributed by atoms with Gasteiger partial charge in [-0.15, -0.1) is 11.3 Å². The highest BCUT2D eigenvalue weighted by molar-refractivity contribution is 8.01. The van der Waals surface area contributed by atoms with Crippen LogP contribution in [0.2, 0.25) is 5.02 Å². The third-order valence-electron chi connectivity index (χ3n) is 1.90. The molecule has 0 unspecified atom stereocenters. The van der Waals surface area contributed by atoms with Crippen molar-refractivity contribution in [2.24, 2.45) is 0 Å². The zero-order chi connectivity index (χ0) is 10.7. The molecular formula is C11H9ClOS2. The van der Waals surface area contributed by atoms with Crippen molar-refractivity contribution >= 4 is 34.7 Å². The Balaban J connectivity index is 2.28. The van der Waals surface area contributed by atoms with Crippen molar-refractivity contribution in [3.05, 3.63) is 46.3 Å². The van der Waals surface area contributed by atoms with E-state index in [-0.39, 0.29) is 6.61 Å². The minimum Gasteiger partial charge on any atom is -0.392 e. The van der Waals surface area contributed by atoms with Crippen molar-refractivity contribution in [2.45, 2.75) is 15.7 Å². The van der Waals surface area contributed by atoms with E-state index in [1.807, 2.05) is 23.6 Å². The number of benzene rings is 1. The maximum atomic E-state index is 9.20. The Bertz CT molecular complexity index is 440. The normalized spacial score (nSPS) is 10.5. The van der Waals surface area contributed by atoms with Crippen LogP contribution in [0.15, 0.2) is 44.8 Å². The Hall–Kier alpha value is -0.480. The van der Waals surface area contributed by atoms with Gasteiger partial charge in [-0.1, -0.05) is 29.4 Å². The van der Waals surface area contributed by atoms with Gasteiger partial charge in [0, 0.05) is 9.92 Å². The summed E-state index contributed by atoms with van der Waals surface area (Å²) in [5.41, 5.74) is 0.876. The smallest absolute Gasteiger partial charge is 0.0693 e. The van der Waals surface area contributed by atoms with Gasteiger partial charge in [0.1, 0.15) is 0 Å². The molecular weight excluding hydrogens is 248 g/mol. The molecule has 1 heterocycles. The summed E-state index contributed by atoms with van der Waals surface area (Å²) in [4.78, 5) is 1.06. The second-order valence-electron chi connectivity index (χ2n) is 2.94. The number of rotatable bonds is 3. The molecule has 15 heavy (non-hydrogen) atoms. The molecule has 1 aromatic carbocycles. The first kappa shape index (κ1) is 11.0. The third-order valence-corrected chi connectivity index (χ3v) is 4.29. The average molecular weight is 257 g/mol. The summed E-state index contributed by atoms with van der Waals surface area (Å²) in [5, 5.41) is 11.9. The quantitative estimate of drug-likeness (QED) is 0.894. The Morgan fingerprint density at radius 2 is 2.20 bits per heavy atom. The molecule has 0 saturated heterocycles. The lowest BCUT2D eigenvalue weighted by Crippen LogP contribution is -1.86. The van der Waals surface area contributed by atoms with Gasteiger partial charge in [0.05, 0.1) is 10.8 Å². The van der Waals surface area contributed by atoms with Gasteiger partial charge in [0.15, 0.2) is 0 Å². The van der Waals surface area contributed by atoms with Crippen molar-refractivity contribution in [3.8, 4) is 0 Å². The summed E-state index contributed by atoms with van der Waals surface area (Å²) in [7, 11) is 0. The molecule has 0 aliphatic rings. The summed E-state index contributed by atoms with van der Waals surface area (Å²) in [6.45, 7) is 0.0221. The fraction of sp³-hybridized carbons (Fsp3) is 0.0909. The first-order chi connectivity index (χ1) is 7.29. The molecule has 78 valence electrons. The maximum Gasteiger partial charge on any atom is 0.0693 e. The highest BCUT2D eigenvalue weighted by Gasteiger charge is 2.05. The van der Waals surface area contributed by atoms with E-state index in [2.05, 4.69) is 6.07 Å². The van der Waals surface area contributed by atoms with Gasteiger partial charge in [0.2, 0.25) is 0 Å². The van der Waals surface area contributed by atoms with E-state index in [0.29, 0.717) is 5.02 Å². The second kappa shape index (κ2) is 5.03. The van der Waals surface area contributed by atoms with E-state index in [9.17, 15) is 5.11 Å². The summed E-state index contributed by atoms with van der Waals surface area (Å²) < 4.78 is 1.21. The SMILES string of the molecule is OCc1cc(Cl)ccc1Sc1cccs1. The maximum absolute atomic E-state index is 9.20. The predicted molar refractivity (Wildman–Crippen MR) is 65.8 cm³/mol. The van der Waals surface area contributed by atoms with Crippen LogP contribution in [0.3, 0.4) is 0 Å². The van der Waals surface area contributed by atoms with Crippen molar-refractivity contribution < 1.29 is 5.11 Å². The van der Waals surface area contributed by atoms with Crippen LogP contribution in [-0.2, 0) is 6.61 Å². The van der Waals surface area contributed by atoms with E-state index < -0.39 is 0 Å². The number of hydrogen-bond acceptors (Lipinski definition) is 3. The Morgan fingerprint density at radius 1 is 1.33 bits per heavy atom. The first-order valence-electron chi connectivity index (χ1n) is 4.40. The van der Waals surface area contributed by atoms with Crippen LogP contribution in [-0.4, -0.2) is 5.11 Å². The molecule has 2 aromatic rings. The first-order valence-corrected chi connectivity index (χ1v) is 6.47. The van der Waals surface area contributed by atoms with E-state index in [1.165, 1.54) is 4.21 Å². The number of aliphatic hydroxyl groups excluding tert-OH is 1. The topological polar surface area (TPSA) is 20.2 Å². The average Bonchev–Trinajstić information content (AvgIpc) is 2.73. The zero-order valence-electron chi connectivity index (χ0n) is 7.81. The molecule has 2 rings (SSSR count). The van der Waals surface area contributed by atoms with Crippen molar-refractivity contribution in [2.75, 3.05) is 0 Å². The highest BCUT2D eigenvalue weighted by Crippen LogP contribution is 2.34. The largest absolute Gasteiger partial charge is 0.392 e. The molecule has 0 amide bonds. The van der Waals surface area contributed by atoms with Gasteiger partial charge < -0.3 is 5.11 Å². The lowest BCUT2D eigenvalue weighted by Gasteiger charge is -2.05. The number of hydrogen-bond donors (Lipinski definition) is 1. The minimum absolute atomic E-state index is 0.0221. The highest BCUT2D eigenvalue weighted by atomic mass is 35.5. The van der Waals surface area contributed by atoms with Crippen LogP contribution in [0, 0.1) is 0 Å². The van der Waals surface area contributed by atoms with E-state index >= 15 is 0 Å². The lowest BCUT2D eigenvalue weighted by atomic mass is 10.2. The molecule has 4 heteroatoms. The number of aliphatic hydroxyl groups is 1. The molecule has 0 radical (unpaired) electrons. The Labute approximate surface area is 102 Å². The van der Waals surface area contributed by atoms with Gasteiger partial charge in [-0.2, -0.15) is 0 Å². The molecule has 0 fully saturated rings. The molecule has 1 nitrogen and oxygen atoms in total. The van der Waals surface area contributed by atoms with Crippen molar-refractivity contribution in [1.29, 1.82) is 0 Å². The van der Waals surface area contributed by atoms with Crippen LogP contribution in [0.4, 0.5) is 0 Å². The van der Waals surface area contributed by atoms with Crippen molar-refractivity contribution in [1.82, 2.24) is 0 Å². The Kier molecular flexibility index (Phi) is 3.70. The molecule has 0 aliphatic carbocycles. The minimum atomic E-state index is 0.0221. The Morgan fingerprint density at radius 3 is 2.87 bits per heavy atom. The molecule has 0 bridgehead atoms. The standard InChI is InChI=1S/C11H9ClOS2/c12-9-3-4-10(8(6-9)7-13)15-11-2-1-5-14-11/h1-6,13H,7H2. The fourth-order valence-corrected chi connectivity index (χ4v) is 3.23. The molecule has 0 atom stereocenters. The van der Waals surface area contributed by atoms with Gasteiger partial charge in [-0.25, -0.2) is 0 Å².